The van der Waals surface area contributed by atoms with Gasteiger partial charge >= 0.3 is 81.9 Å². The Morgan fingerprint density at radius 2 is 0.0707 bits per heavy atom. The maximum absolute atomic E-state index is 8.25. The Morgan fingerprint density at radius 3 is 0.0707 bits per heavy atom. The van der Waals surface area contributed by atoms with Crippen molar-refractivity contribution < 1.29 is 122 Å². The zero-order valence-electron chi connectivity index (χ0n) is 41.9. The van der Waals surface area contributed by atoms with Crippen LogP contribution in [0.4, 0.5) is 0 Å². The summed E-state index contributed by atoms with van der Waals surface area (Å²) in [6.07, 6.45) is 0. The van der Waals surface area contributed by atoms with Crippen LogP contribution in [0.2, 0.25) is 0 Å². The second-order valence-corrected chi connectivity index (χ2v) is 5.37. The van der Waals surface area contributed by atoms with Gasteiger partial charge in [-0.3, -0.25) is 0 Å². The van der Waals surface area contributed by atoms with Gasteiger partial charge in [0.05, 0.1) is 122 Å². The van der Waals surface area contributed by atoms with Crippen LogP contribution in [-0.4, -0.2) is 204 Å². The third kappa shape index (κ3) is 1910. The fourth-order valence-corrected chi connectivity index (χ4v) is 0. The fraction of sp³-hybridized carbons (Fsp3) is 0. The van der Waals surface area contributed by atoms with Gasteiger partial charge in [-0.25, -0.2) is 0 Å². The van der Waals surface area contributed by atoms with E-state index in [-0.39, 0.29) is 81.9 Å². The van der Waals surface area contributed by atoms with Gasteiger partial charge in [0.15, 0.2) is 0 Å². The molecule has 0 rings (SSSR count). The molecule has 99 heavy (non-hydrogen) atoms. The Morgan fingerprint density at radius 1 is 0.0707 bits per heavy atom. The molecule has 0 aromatic heterocycles. The van der Waals surface area contributed by atoms with Crippen molar-refractivity contribution in [3.8, 4) is 0 Å². The predicted molar refractivity (Wildman–Crippen MR) is 266 cm³/mol. The average Bonchev–Trinajstić information content (AvgIpc) is 3.12. The van der Waals surface area contributed by atoms with Crippen molar-refractivity contribution in [2.24, 2.45) is 0 Å². The molecular formula is N24O72Tl3-21. The summed E-state index contributed by atoms with van der Waals surface area (Å²) >= 11 is 0. The van der Waals surface area contributed by atoms with Crippen molar-refractivity contribution in [3.63, 3.8) is 0 Å². The summed E-state index contributed by atoms with van der Waals surface area (Å²) in [7, 11) is 0. The monoisotopic (exact) mass is 2100 g/mol. The van der Waals surface area contributed by atoms with Crippen LogP contribution in [0, 0.1) is 368 Å². The molecule has 0 atom stereocenters. The minimum absolute atomic E-state index is 0. The van der Waals surface area contributed by atoms with Crippen LogP contribution in [0.3, 0.4) is 0 Å². The Balaban J connectivity index is -0.0000000218. The first-order valence-corrected chi connectivity index (χ1v) is 13.1. The third-order valence-corrected chi connectivity index (χ3v) is 0. The standard InChI is InChI=1S/24NO3.3Tl/c24*2-1(3)4;;;/q24*-1;3*+1. The van der Waals surface area contributed by atoms with E-state index in [4.69, 9.17) is 368 Å². The first kappa shape index (κ1) is 178. The maximum atomic E-state index is 8.25. The van der Waals surface area contributed by atoms with Crippen LogP contribution in [0.15, 0.2) is 0 Å². The molecule has 0 aromatic rings. The molecule has 0 radical (unpaired) electrons. The molecule has 96 nitrogen and oxygen atoms in total. The van der Waals surface area contributed by atoms with E-state index in [1.807, 2.05) is 0 Å². The summed E-state index contributed by atoms with van der Waals surface area (Å²) in [4.78, 5) is 198. The molecule has 0 unspecified atom stereocenters. The van der Waals surface area contributed by atoms with Crippen LogP contribution in [0.25, 0.3) is 0 Å². The van der Waals surface area contributed by atoms with E-state index in [9.17, 15) is 0 Å². The smallest absolute Gasteiger partial charge is 0.356 e. The molecule has 0 fully saturated rings. The molecule has 0 heterocycles. The summed E-state index contributed by atoms with van der Waals surface area (Å²) in [5, 5.41) is 354. The van der Waals surface area contributed by atoms with Gasteiger partial charge in [0.1, 0.15) is 0 Å². The van der Waals surface area contributed by atoms with E-state index < -0.39 is 122 Å². The third-order valence-electron chi connectivity index (χ3n) is 0. The average molecular weight is 2100 g/mol. The first-order valence-electron chi connectivity index (χ1n) is 13.1. The van der Waals surface area contributed by atoms with Gasteiger partial charge in [-0.2, -0.15) is 0 Å². The van der Waals surface area contributed by atoms with Gasteiger partial charge in [0.2, 0.25) is 0 Å². The Bertz CT molecular complexity index is 1310. The zero-order valence-corrected chi connectivity index (χ0v) is 55.3. The van der Waals surface area contributed by atoms with Crippen LogP contribution >= 0.6 is 0 Å². The molecule has 582 valence electrons. The van der Waals surface area contributed by atoms with Crippen molar-refractivity contribution in [3.05, 3.63) is 368 Å². The van der Waals surface area contributed by atoms with E-state index in [1.165, 1.54) is 0 Å². The van der Waals surface area contributed by atoms with E-state index in [0.29, 0.717) is 0 Å². The van der Waals surface area contributed by atoms with Crippen LogP contribution in [0.1, 0.15) is 0 Å². The number of hydrogen-bond donors (Lipinski definition) is 0. The molecular weight excluding hydrogens is 2100 g/mol. The molecule has 0 saturated heterocycles. The summed E-state index contributed by atoms with van der Waals surface area (Å²) in [5.74, 6) is 0. The SMILES string of the molecule is O=[N+]([O-])[O-].O=[N+]([O-])[O-].O=[N+]([O-])[O-].O=[N+]([O-])[O-].O=[N+]([O-])[O-].O=[N+]([O-])[O-].O=[N+]([O-])[O-].O=[N+]([O-])[O-].O=[N+]([O-])[O-].O=[N+]([O-])[O-].O=[N+]([O-])[O-].O=[N+]([O-])[O-].O=[N+]([O-])[O-].O=[N+]([O-])[O-].O=[N+]([O-])[O-].O=[N+]([O-])[O-].O=[N+]([O-])[O-].O=[N+]([O-])[O-].O=[N+]([O-])[O-].O=[N+]([O-])[O-].O=[N+]([O-])[O-].O=[N+]([O-])[O-].O=[N+]([O-])[O-].O=[N+]([O-])[O-].[Tl+].[Tl+].[Tl+]. The van der Waals surface area contributed by atoms with Crippen LogP contribution < -0.4 is 0 Å². The quantitative estimate of drug-likeness (QED) is 0.124. The van der Waals surface area contributed by atoms with E-state index in [0.717, 1.165) is 0 Å². The van der Waals surface area contributed by atoms with E-state index in [2.05, 4.69) is 0 Å². The minimum atomic E-state index is -1.75. The summed E-state index contributed by atoms with van der Waals surface area (Å²) in [6, 6.07) is 0. The Kier molecular flexibility index (Phi) is 308. The van der Waals surface area contributed by atoms with Crippen molar-refractivity contribution in [2.45, 2.75) is 0 Å². The van der Waals surface area contributed by atoms with Crippen LogP contribution in [-0.2, 0) is 0 Å². The summed E-state index contributed by atoms with van der Waals surface area (Å²) in [5.41, 5.74) is 0. The normalized spacial score (nSPS) is 5.82. The molecule has 0 aliphatic heterocycles. The molecule has 0 saturated carbocycles. The molecule has 0 aromatic carbocycles. The molecule has 99 heteroatoms. The van der Waals surface area contributed by atoms with Gasteiger partial charge in [0, 0.05) is 0 Å². The Labute approximate surface area is 570 Å². The minimum Gasteiger partial charge on any atom is -0.356 e. The number of nitrogens with zero attached hydrogens (tertiary/aromatic N) is 24. The van der Waals surface area contributed by atoms with Gasteiger partial charge in [0.25, 0.3) is 0 Å². The van der Waals surface area contributed by atoms with Gasteiger partial charge in [-0.1, -0.05) is 0 Å². The van der Waals surface area contributed by atoms with E-state index in [1.54, 1.807) is 0 Å². The van der Waals surface area contributed by atoms with E-state index >= 15 is 0 Å². The van der Waals surface area contributed by atoms with Crippen molar-refractivity contribution >= 4 is 81.9 Å². The van der Waals surface area contributed by atoms with Crippen molar-refractivity contribution in [2.75, 3.05) is 0 Å². The first-order chi connectivity index (χ1) is 41.6. The summed E-state index contributed by atoms with van der Waals surface area (Å²) < 4.78 is 0. The fourth-order valence-electron chi connectivity index (χ4n) is 0. The predicted octanol–water partition coefficient (Wildman–Crippen LogP) is -6.88. The Hall–Kier alpha value is -16.4. The zero-order chi connectivity index (χ0) is 85.9. The molecule has 0 aliphatic carbocycles. The van der Waals surface area contributed by atoms with Crippen molar-refractivity contribution in [1.82, 2.24) is 0 Å². The molecule has 0 spiro atoms. The largest absolute Gasteiger partial charge is 1.00 e. The second kappa shape index (κ2) is 171. The van der Waals surface area contributed by atoms with Gasteiger partial charge in [-0.05, 0) is 0 Å². The molecule has 0 bridgehead atoms. The molecule has 0 N–H and O–H groups in total. The molecule has 0 amide bonds. The van der Waals surface area contributed by atoms with Crippen molar-refractivity contribution in [1.29, 1.82) is 0 Å². The number of hydrogen-bond acceptors (Lipinski definition) is 72. The molecule has 0 aliphatic rings. The summed E-state index contributed by atoms with van der Waals surface area (Å²) in [6.45, 7) is 0. The number of rotatable bonds is 0. The van der Waals surface area contributed by atoms with Gasteiger partial charge < -0.3 is 368 Å². The second-order valence-electron chi connectivity index (χ2n) is 5.37. The maximum Gasteiger partial charge on any atom is 1.00 e. The van der Waals surface area contributed by atoms with Gasteiger partial charge in [-0.15, -0.1) is 0 Å². The van der Waals surface area contributed by atoms with Crippen LogP contribution in [0.5, 0.6) is 0 Å². The topological polar surface area (TPSA) is 1590 Å².